The molecule has 0 radical (unpaired) electrons. The maximum absolute atomic E-state index is 12.7. The summed E-state index contributed by atoms with van der Waals surface area (Å²) in [5, 5.41) is 0. The summed E-state index contributed by atoms with van der Waals surface area (Å²) in [6.45, 7) is 4.29. The molecular weight excluding hydrogens is 352 g/mol. The molecule has 2 aliphatic rings. The van der Waals surface area contributed by atoms with Crippen LogP contribution in [0.15, 0.2) is 36.4 Å². The van der Waals surface area contributed by atoms with Gasteiger partial charge in [-0.25, -0.2) is 0 Å². The summed E-state index contributed by atoms with van der Waals surface area (Å²) < 4.78 is 11.4. The Morgan fingerprint density at radius 3 is 2.38 bits per heavy atom. The average Bonchev–Trinajstić information content (AvgIpc) is 3.13. The number of amides is 2. The van der Waals surface area contributed by atoms with E-state index in [9.17, 15) is 9.59 Å². The highest BCUT2D eigenvalue weighted by atomic mass is 32.1. The van der Waals surface area contributed by atoms with Gasteiger partial charge < -0.3 is 19.3 Å². The highest BCUT2D eigenvalue weighted by Crippen LogP contribution is 2.31. The van der Waals surface area contributed by atoms with Crippen LogP contribution >= 0.6 is 11.3 Å². The van der Waals surface area contributed by atoms with Gasteiger partial charge in [0.15, 0.2) is 11.5 Å². The number of hydrogen-bond acceptors (Lipinski definition) is 5. The van der Waals surface area contributed by atoms with Crippen LogP contribution < -0.4 is 9.47 Å². The van der Waals surface area contributed by atoms with Gasteiger partial charge in [-0.3, -0.25) is 9.59 Å². The number of aryl methyl sites for hydroxylation is 1. The number of carbonyl (C=O) groups excluding carboxylic acids is 2. The Morgan fingerprint density at radius 1 is 1.00 bits per heavy atom. The van der Waals surface area contributed by atoms with Crippen molar-refractivity contribution in [2.75, 3.05) is 32.8 Å². The molecule has 26 heavy (non-hydrogen) atoms. The number of fused-ring (bicyclic) bond motifs is 1. The van der Waals surface area contributed by atoms with Crippen molar-refractivity contribution in [1.29, 1.82) is 0 Å². The van der Waals surface area contributed by atoms with Crippen molar-refractivity contribution < 1.29 is 19.1 Å². The first-order valence-corrected chi connectivity index (χ1v) is 9.46. The molecule has 2 amide bonds. The summed E-state index contributed by atoms with van der Waals surface area (Å²) in [5.74, 6) is 1.22. The summed E-state index contributed by atoms with van der Waals surface area (Å²) in [4.78, 5) is 30.7. The van der Waals surface area contributed by atoms with E-state index in [1.807, 2.05) is 42.2 Å². The van der Waals surface area contributed by atoms with Crippen molar-refractivity contribution in [3.63, 3.8) is 0 Å². The Kier molecular flexibility index (Phi) is 4.55. The molecule has 6 nitrogen and oxygen atoms in total. The largest absolute Gasteiger partial charge is 0.485 e. The molecule has 1 aromatic heterocycles. The zero-order valence-electron chi connectivity index (χ0n) is 14.5. The van der Waals surface area contributed by atoms with Gasteiger partial charge in [-0.1, -0.05) is 12.1 Å². The molecule has 3 heterocycles. The highest BCUT2D eigenvalue weighted by molar-refractivity contribution is 7.13. The van der Waals surface area contributed by atoms with Crippen molar-refractivity contribution in [3.05, 3.63) is 46.2 Å². The molecular formula is C19H20N2O4S. The Balaban J connectivity index is 1.35. The lowest BCUT2D eigenvalue weighted by atomic mass is 10.2. The van der Waals surface area contributed by atoms with Crippen LogP contribution in [-0.4, -0.2) is 60.5 Å². The van der Waals surface area contributed by atoms with Crippen molar-refractivity contribution in [3.8, 4) is 11.5 Å². The molecule has 1 aromatic carbocycles. The molecule has 4 rings (SSSR count). The molecule has 0 unspecified atom stereocenters. The van der Waals surface area contributed by atoms with Crippen molar-refractivity contribution in [1.82, 2.24) is 9.80 Å². The predicted molar refractivity (Wildman–Crippen MR) is 97.9 cm³/mol. The smallest absolute Gasteiger partial charge is 0.267 e. The third-order valence-electron chi connectivity index (χ3n) is 4.61. The number of nitrogens with zero attached hydrogens (tertiary/aromatic N) is 2. The van der Waals surface area contributed by atoms with Gasteiger partial charge in [-0.2, -0.15) is 0 Å². The van der Waals surface area contributed by atoms with Crippen LogP contribution in [-0.2, 0) is 4.79 Å². The molecule has 0 bridgehead atoms. The van der Waals surface area contributed by atoms with E-state index in [2.05, 4.69) is 0 Å². The SMILES string of the molecule is Cc1ccc(C(=O)N2CCN(C(=O)[C@H]3COc4ccccc4O3)CC2)s1. The maximum Gasteiger partial charge on any atom is 0.267 e. The molecule has 0 saturated carbocycles. The number of hydrogen-bond donors (Lipinski definition) is 0. The van der Waals surface area contributed by atoms with Gasteiger partial charge in [0.25, 0.3) is 11.8 Å². The van der Waals surface area contributed by atoms with E-state index in [1.54, 1.807) is 11.0 Å². The second-order valence-electron chi connectivity index (χ2n) is 6.39. The average molecular weight is 372 g/mol. The standard InChI is InChI=1S/C19H20N2O4S/c1-13-6-7-17(26-13)19(23)21-10-8-20(9-11-21)18(22)16-12-24-14-4-2-3-5-15(14)25-16/h2-7,16H,8-12H2,1H3/t16-/m1/s1. The number of para-hydroxylation sites is 2. The van der Waals surface area contributed by atoms with Crippen LogP contribution in [0, 0.1) is 6.92 Å². The molecule has 1 fully saturated rings. The van der Waals surface area contributed by atoms with Crippen LogP contribution in [0.2, 0.25) is 0 Å². The second-order valence-corrected chi connectivity index (χ2v) is 7.68. The van der Waals surface area contributed by atoms with Gasteiger partial charge in [0, 0.05) is 31.1 Å². The maximum atomic E-state index is 12.7. The molecule has 1 atom stereocenters. The molecule has 0 spiro atoms. The van der Waals surface area contributed by atoms with E-state index in [0.29, 0.717) is 37.7 Å². The Hall–Kier alpha value is -2.54. The molecule has 7 heteroatoms. The minimum Gasteiger partial charge on any atom is -0.485 e. The minimum atomic E-state index is -0.632. The van der Waals surface area contributed by atoms with E-state index in [-0.39, 0.29) is 18.4 Å². The number of benzene rings is 1. The molecule has 136 valence electrons. The van der Waals surface area contributed by atoms with Gasteiger partial charge >= 0.3 is 0 Å². The van der Waals surface area contributed by atoms with Crippen LogP contribution in [0.25, 0.3) is 0 Å². The Bertz CT molecular complexity index is 826. The zero-order valence-corrected chi connectivity index (χ0v) is 15.3. The summed E-state index contributed by atoms with van der Waals surface area (Å²) in [6.07, 6.45) is -0.632. The van der Waals surface area contributed by atoms with Crippen LogP contribution in [0.1, 0.15) is 14.5 Å². The van der Waals surface area contributed by atoms with Crippen LogP contribution in [0.3, 0.4) is 0 Å². The summed E-state index contributed by atoms with van der Waals surface area (Å²) in [7, 11) is 0. The zero-order chi connectivity index (χ0) is 18.1. The summed E-state index contributed by atoms with van der Waals surface area (Å²) >= 11 is 1.50. The van der Waals surface area contributed by atoms with Crippen LogP contribution in [0.5, 0.6) is 11.5 Å². The first kappa shape index (κ1) is 16.9. The van der Waals surface area contributed by atoms with Gasteiger partial charge in [0.05, 0.1) is 4.88 Å². The number of thiophene rings is 1. The van der Waals surface area contributed by atoms with E-state index < -0.39 is 6.10 Å². The van der Waals surface area contributed by atoms with Crippen molar-refractivity contribution >= 4 is 23.2 Å². The van der Waals surface area contributed by atoms with Crippen molar-refractivity contribution in [2.45, 2.75) is 13.0 Å². The summed E-state index contributed by atoms with van der Waals surface area (Å²) in [6, 6.07) is 11.2. The Labute approximate surface area is 155 Å². The monoisotopic (exact) mass is 372 g/mol. The third-order valence-corrected chi connectivity index (χ3v) is 5.60. The van der Waals surface area contributed by atoms with E-state index in [1.165, 1.54) is 11.3 Å². The first-order chi connectivity index (χ1) is 12.6. The summed E-state index contributed by atoms with van der Waals surface area (Å²) in [5.41, 5.74) is 0. The lowest BCUT2D eigenvalue weighted by Gasteiger charge is -2.37. The fraction of sp³-hybridized carbons (Fsp3) is 0.368. The van der Waals surface area contributed by atoms with Crippen LogP contribution in [0.4, 0.5) is 0 Å². The molecule has 1 saturated heterocycles. The highest BCUT2D eigenvalue weighted by Gasteiger charge is 2.33. The van der Waals surface area contributed by atoms with Gasteiger partial charge in [-0.05, 0) is 31.2 Å². The third kappa shape index (κ3) is 3.26. The fourth-order valence-electron chi connectivity index (χ4n) is 3.18. The van der Waals surface area contributed by atoms with Crippen molar-refractivity contribution in [2.24, 2.45) is 0 Å². The normalized spacial score (nSPS) is 19.3. The molecule has 2 aromatic rings. The first-order valence-electron chi connectivity index (χ1n) is 8.65. The quantitative estimate of drug-likeness (QED) is 0.811. The number of piperazine rings is 1. The minimum absolute atomic E-state index is 0.0429. The number of carbonyl (C=O) groups is 2. The predicted octanol–water partition coefficient (Wildman–Crippen LogP) is 2.18. The molecule has 0 N–H and O–H groups in total. The van der Waals surface area contributed by atoms with Gasteiger partial charge in [0.2, 0.25) is 6.10 Å². The lowest BCUT2D eigenvalue weighted by Crippen LogP contribution is -2.55. The molecule has 2 aliphatic heterocycles. The second kappa shape index (κ2) is 6.99. The van der Waals surface area contributed by atoms with E-state index in [0.717, 1.165) is 9.75 Å². The lowest BCUT2D eigenvalue weighted by molar-refractivity contribution is -0.142. The number of rotatable bonds is 2. The fourth-order valence-corrected chi connectivity index (χ4v) is 4.02. The van der Waals surface area contributed by atoms with Gasteiger partial charge in [0.1, 0.15) is 6.61 Å². The van der Waals surface area contributed by atoms with E-state index >= 15 is 0 Å². The Morgan fingerprint density at radius 2 is 1.69 bits per heavy atom. The number of ether oxygens (including phenoxy) is 2. The van der Waals surface area contributed by atoms with E-state index in [4.69, 9.17) is 9.47 Å². The topological polar surface area (TPSA) is 59.1 Å². The van der Waals surface area contributed by atoms with Gasteiger partial charge in [-0.15, -0.1) is 11.3 Å². The molecule has 0 aliphatic carbocycles.